The van der Waals surface area contributed by atoms with Gasteiger partial charge < -0.3 is 19.0 Å². The molecule has 11 heteroatoms. The Labute approximate surface area is 257 Å². The van der Waals surface area contributed by atoms with Gasteiger partial charge in [-0.05, 0) is 70.5 Å². The number of fused-ring (bicyclic) bond motifs is 1. The van der Waals surface area contributed by atoms with Crippen molar-refractivity contribution in [3.8, 4) is 28.8 Å². The number of rotatable bonds is 10. The zero-order chi connectivity index (χ0) is 31.6. The van der Waals surface area contributed by atoms with Crippen molar-refractivity contribution in [1.82, 2.24) is 19.7 Å². The minimum Gasteiger partial charge on any atom is -0.494 e. The number of anilines is 2. The minimum atomic E-state index is -1.33. The molecular weight excluding hydrogens is 584 g/mol. The molecule has 5 aromatic rings. The number of aromatic nitrogens is 4. The number of halogens is 2. The van der Waals surface area contributed by atoms with Crippen molar-refractivity contribution in [3.05, 3.63) is 84.1 Å². The molecule has 0 unspecified atom stereocenters. The summed E-state index contributed by atoms with van der Waals surface area (Å²) in [6.07, 6.45) is 5.88. The maximum absolute atomic E-state index is 14.9. The minimum absolute atomic E-state index is 0.0301. The Morgan fingerprint density at radius 1 is 0.955 bits per heavy atom. The molecule has 0 atom stereocenters. The van der Waals surface area contributed by atoms with E-state index in [4.69, 9.17) is 23.7 Å². The molecule has 0 fully saturated rings. The smallest absolute Gasteiger partial charge is 0.183 e. The average Bonchev–Trinajstić information content (AvgIpc) is 3.34. The zero-order valence-electron chi connectivity index (χ0n) is 25.9. The molecule has 0 radical (unpaired) electrons. The second-order valence-electron chi connectivity index (χ2n) is 11.5. The van der Waals surface area contributed by atoms with Crippen LogP contribution in [0.4, 0.5) is 20.3 Å². The zero-order valence-corrected chi connectivity index (χ0v) is 26.8. The molecule has 5 rings (SSSR count). The first-order valence-electron chi connectivity index (χ1n) is 14.2. The van der Waals surface area contributed by atoms with Crippen molar-refractivity contribution in [1.29, 1.82) is 0 Å². The Kier molecular flexibility index (Phi) is 8.69. The van der Waals surface area contributed by atoms with Gasteiger partial charge in [-0.2, -0.15) is 5.10 Å². The highest BCUT2D eigenvalue weighted by atomic mass is 32.3. The molecule has 2 heterocycles. The van der Waals surface area contributed by atoms with Crippen LogP contribution in [0.15, 0.2) is 66.9 Å². The first kappa shape index (κ1) is 31.1. The molecule has 0 aliphatic carbocycles. The predicted octanol–water partition coefficient (Wildman–Crippen LogP) is 8.13. The number of ether oxygens (including phenoxy) is 2. The summed E-state index contributed by atoms with van der Waals surface area (Å²) in [6, 6.07) is 17.5. The van der Waals surface area contributed by atoms with Crippen molar-refractivity contribution >= 4 is 32.7 Å². The SMILES string of the molecule is CCOc1cc(F)c(Cn2nc(-c3ncc(OC)c(Nc4ccc(OS(C)(C)C(C)(C)C)cc4)n3)c3ccccc32)c(F)c1. The number of hydrogen-bond acceptors (Lipinski definition) is 7. The summed E-state index contributed by atoms with van der Waals surface area (Å²) in [7, 11) is 0.212. The van der Waals surface area contributed by atoms with Crippen molar-refractivity contribution in [2.45, 2.75) is 39.0 Å². The Hall–Kier alpha value is -4.38. The lowest BCUT2D eigenvalue weighted by Crippen LogP contribution is -2.27. The Morgan fingerprint density at radius 2 is 1.64 bits per heavy atom. The molecule has 232 valence electrons. The summed E-state index contributed by atoms with van der Waals surface area (Å²) in [4.78, 5) is 9.25. The third-order valence-corrected chi connectivity index (χ3v) is 11.0. The van der Waals surface area contributed by atoms with Crippen LogP contribution in [-0.2, 0) is 6.54 Å². The molecule has 0 saturated carbocycles. The summed E-state index contributed by atoms with van der Waals surface area (Å²) in [5, 5.41) is 8.75. The molecule has 0 saturated heterocycles. The van der Waals surface area contributed by atoms with Crippen molar-refractivity contribution in [3.63, 3.8) is 0 Å². The van der Waals surface area contributed by atoms with E-state index in [2.05, 4.69) is 43.6 Å². The molecule has 0 bridgehead atoms. The van der Waals surface area contributed by atoms with Gasteiger partial charge in [-0.15, -0.1) is 0 Å². The fraction of sp³-hybridized carbons (Fsp3) is 0.303. The van der Waals surface area contributed by atoms with Gasteiger partial charge in [0, 0.05) is 33.5 Å². The van der Waals surface area contributed by atoms with E-state index in [9.17, 15) is 8.78 Å². The number of benzene rings is 3. The van der Waals surface area contributed by atoms with E-state index in [1.807, 2.05) is 48.5 Å². The maximum Gasteiger partial charge on any atom is 0.183 e. The molecule has 0 aliphatic rings. The average molecular weight is 622 g/mol. The van der Waals surface area contributed by atoms with Crippen LogP contribution in [0.5, 0.6) is 17.2 Å². The lowest BCUT2D eigenvalue weighted by molar-refractivity contribution is 0.335. The largest absolute Gasteiger partial charge is 0.494 e. The van der Waals surface area contributed by atoms with Crippen LogP contribution < -0.4 is 19.0 Å². The van der Waals surface area contributed by atoms with Crippen LogP contribution in [0.25, 0.3) is 22.4 Å². The van der Waals surface area contributed by atoms with E-state index in [1.54, 1.807) is 24.9 Å². The van der Waals surface area contributed by atoms with Crippen LogP contribution in [0, 0.1) is 11.6 Å². The summed E-state index contributed by atoms with van der Waals surface area (Å²) in [5.74, 6) is 0.720. The van der Waals surface area contributed by atoms with E-state index < -0.39 is 21.9 Å². The van der Waals surface area contributed by atoms with E-state index in [0.29, 0.717) is 35.2 Å². The van der Waals surface area contributed by atoms with Gasteiger partial charge in [0.05, 0.1) is 32.0 Å². The number of nitrogens with zero attached hydrogens (tertiary/aromatic N) is 4. The highest BCUT2D eigenvalue weighted by Crippen LogP contribution is 2.53. The first-order valence-corrected chi connectivity index (χ1v) is 16.5. The van der Waals surface area contributed by atoms with E-state index >= 15 is 0 Å². The Bertz CT molecular complexity index is 1760. The summed E-state index contributed by atoms with van der Waals surface area (Å²) < 4.78 is 48.6. The molecule has 1 N–H and O–H groups in total. The second-order valence-corrected chi connectivity index (χ2v) is 15.4. The monoisotopic (exact) mass is 621 g/mol. The van der Waals surface area contributed by atoms with E-state index in [0.717, 1.165) is 16.8 Å². The lowest BCUT2D eigenvalue weighted by atomic mass is 10.1. The van der Waals surface area contributed by atoms with Gasteiger partial charge in [0.1, 0.15) is 28.8 Å². The summed E-state index contributed by atoms with van der Waals surface area (Å²) >= 11 is 0. The maximum atomic E-state index is 14.9. The van der Waals surface area contributed by atoms with Gasteiger partial charge in [-0.3, -0.25) is 4.68 Å². The lowest BCUT2D eigenvalue weighted by Gasteiger charge is -2.43. The molecule has 0 aliphatic heterocycles. The van der Waals surface area contributed by atoms with E-state index in [-0.39, 0.29) is 22.6 Å². The quantitative estimate of drug-likeness (QED) is 0.169. The van der Waals surface area contributed by atoms with Crippen LogP contribution in [0.2, 0.25) is 0 Å². The molecule has 0 amide bonds. The highest BCUT2D eigenvalue weighted by Gasteiger charge is 2.30. The van der Waals surface area contributed by atoms with Gasteiger partial charge in [0.25, 0.3) is 0 Å². The first-order chi connectivity index (χ1) is 20.9. The molecule has 3 aromatic carbocycles. The van der Waals surface area contributed by atoms with Gasteiger partial charge in [-0.1, -0.05) is 28.5 Å². The number of nitrogens with one attached hydrogen (secondary N) is 1. The van der Waals surface area contributed by atoms with Crippen molar-refractivity contribution in [2.75, 3.05) is 31.5 Å². The summed E-state index contributed by atoms with van der Waals surface area (Å²) in [6.45, 7) is 8.47. The second kappa shape index (κ2) is 12.3. The van der Waals surface area contributed by atoms with Crippen LogP contribution in [0.3, 0.4) is 0 Å². The fourth-order valence-electron chi connectivity index (χ4n) is 4.36. The van der Waals surface area contributed by atoms with Crippen molar-refractivity contribution < 1.29 is 22.4 Å². The number of para-hydroxylation sites is 1. The Balaban J connectivity index is 1.46. The normalized spacial score (nSPS) is 12.3. The number of hydrogen-bond donors (Lipinski definition) is 1. The van der Waals surface area contributed by atoms with Crippen LogP contribution >= 0.6 is 10.3 Å². The predicted molar refractivity (Wildman–Crippen MR) is 173 cm³/mol. The summed E-state index contributed by atoms with van der Waals surface area (Å²) in [5.41, 5.74) is 1.81. The van der Waals surface area contributed by atoms with Gasteiger partial charge in [-0.25, -0.2) is 18.7 Å². The molecule has 2 aromatic heterocycles. The third kappa shape index (κ3) is 6.42. The van der Waals surface area contributed by atoms with E-state index in [1.165, 1.54) is 12.1 Å². The molecular formula is C33H37F2N5O3S. The molecule has 44 heavy (non-hydrogen) atoms. The van der Waals surface area contributed by atoms with Gasteiger partial charge >= 0.3 is 0 Å². The van der Waals surface area contributed by atoms with Gasteiger partial charge in [0.15, 0.2) is 17.4 Å². The molecule has 8 nitrogen and oxygen atoms in total. The fourth-order valence-corrected chi connectivity index (χ4v) is 5.21. The highest BCUT2D eigenvalue weighted by molar-refractivity contribution is 8.30. The number of methoxy groups -OCH3 is 1. The van der Waals surface area contributed by atoms with Crippen LogP contribution in [0.1, 0.15) is 33.3 Å². The van der Waals surface area contributed by atoms with Crippen LogP contribution in [-0.4, -0.2) is 50.7 Å². The van der Waals surface area contributed by atoms with Gasteiger partial charge in [0.2, 0.25) is 0 Å². The Morgan fingerprint density at radius 3 is 2.27 bits per heavy atom. The van der Waals surface area contributed by atoms with Crippen molar-refractivity contribution in [2.24, 2.45) is 0 Å². The molecule has 0 spiro atoms. The topological polar surface area (TPSA) is 83.3 Å². The standard InChI is InChI=1S/C33H37F2N5O3S/c1-8-42-23-17-26(34)25(27(35)18-23)20-40-28-12-10-9-11-24(28)30(39-40)32-36-19-29(41-5)31(38-32)37-21-13-15-22(16-14-21)43-44(6,7)33(2,3)4/h9-19H,8,20H2,1-7H3,(H,36,37,38). The third-order valence-electron chi connectivity index (χ3n) is 7.47.